The normalized spacial score (nSPS) is 17.0. The number of thioether (sulfide) groups is 1. The average molecular weight is 561 g/mol. The summed E-state index contributed by atoms with van der Waals surface area (Å²) in [6.45, 7) is -0.180. The maximum absolute atomic E-state index is 14.5. The SMILES string of the molecule is COc1cc(C2(CO)CCCc3nc(SCc4c(F)cccc4Cl)n(-c4ccc(F)cc4)c32)ccc1Cl. The molecule has 1 N–H and O–H groups in total. The molecule has 192 valence electrons. The van der Waals surface area contributed by atoms with Gasteiger partial charge < -0.3 is 9.84 Å². The fraction of sp³-hybridized carbons (Fsp3) is 0.250. The predicted octanol–water partition coefficient (Wildman–Crippen LogP) is 7.37. The van der Waals surface area contributed by atoms with Crippen LogP contribution in [-0.2, 0) is 17.6 Å². The van der Waals surface area contributed by atoms with E-state index in [0.29, 0.717) is 45.0 Å². The number of imidazole rings is 1. The van der Waals surface area contributed by atoms with Crippen molar-refractivity contribution in [3.63, 3.8) is 0 Å². The van der Waals surface area contributed by atoms with Crippen LogP contribution in [0.25, 0.3) is 5.69 Å². The van der Waals surface area contributed by atoms with Crippen molar-refractivity contribution in [3.05, 3.63) is 105 Å². The fourth-order valence-corrected chi connectivity index (χ4v) is 6.57. The van der Waals surface area contributed by atoms with Crippen LogP contribution >= 0.6 is 35.0 Å². The number of aromatic nitrogens is 2. The standard InChI is InChI=1S/C28H24Cl2F2N2O2S/c1-36-25-14-17(7-12-22(25)30)28(16-35)13-3-6-24-26(28)34(19-10-8-18(31)9-11-19)27(33-24)37-15-20-21(29)4-2-5-23(20)32/h2,4-5,7-12,14,35H,3,6,13,15-16H2,1H3. The first kappa shape index (κ1) is 26.0. The Bertz CT molecular complexity index is 1420. The molecule has 0 radical (unpaired) electrons. The molecular formula is C28H24Cl2F2N2O2S. The molecule has 5 rings (SSSR count). The molecule has 0 saturated carbocycles. The Morgan fingerprint density at radius 1 is 1.08 bits per heavy atom. The van der Waals surface area contributed by atoms with Gasteiger partial charge in [-0.25, -0.2) is 13.8 Å². The van der Waals surface area contributed by atoms with Crippen LogP contribution in [-0.4, -0.2) is 28.4 Å². The van der Waals surface area contributed by atoms with Gasteiger partial charge in [-0.2, -0.15) is 0 Å². The third-order valence-corrected chi connectivity index (χ3v) is 8.49. The van der Waals surface area contributed by atoms with Gasteiger partial charge >= 0.3 is 0 Å². The van der Waals surface area contributed by atoms with Gasteiger partial charge in [0.25, 0.3) is 0 Å². The quantitative estimate of drug-likeness (QED) is 0.240. The van der Waals surface area contributed by atoms with Crippen molar-refractivity contribution in [2.45, 2.75) is 35.6 Å². The summed E-state index contributed by atoms with van der Waals surface area (Å²) in [6.07, 6.45) is 2.18. The number of benzene rings is 3. The summed E-state index contributed by atoms with van der Waals surface area (Å²) < 4.78 is 35.8. The number of aryl methyl sites for hydroxylation is 1. The van der Waals surface area contributed by atoms with Gasteiger partial charge in [-0.05, 0) is 73.4 Å². The Morgan fingerprint density at radius 2 is 1.86 bits per heavy atom. The molecule has 0 aliphatic heterocycles. The van der Waals surface area contributed by atoms with Gasteiger partial charge in [-0.3, -0.25) is 4.57 Å². The first-order valence-electron chi connectivity index (χ1n) is 11.8. The van der Waals surface area contributed by atoms with E-state index in [1.165, 1.54) is 30.0 Å². The zero-order valence-electron chi connectivity index (χ0n) is 20.0. The number of rotatable bonds is 7. The van der Waals surface area contributed by atoms with Crippen molar-refractivity contribution < 1.29 is 18.6 Å². The second-order valence-corrected chi connectivity index (χ2v) is 10.7. The molecule has 1 atom stereocenters. The molecule has 3 aromatic carbocycles. The van der Waals surface area contributed by atoms with Crippen LogP contribution in [0.3, 0.4) is 0 Å². The lowest BCUT2D eigenvalue weighted by atomic mass is 9.70. The van der Waals surface area contributed by atoms with Gasteiger partial charge in [0.1, 0.15) is 17.4 Å². The average Bonchev–Trinajstić information content (AvgIpc) is 3.28. The summed E-state index contributed by atoms with van der Waals surface area (Å²) in [4.78, 5) is 4.95. The number of hydrogen-bond acceptors (Lipinski definition) is 4. The summed E-state index contributed by atoms with van der Waals surface area (Å²) >= 11 is 13.9. The number of ether oxygens (including phenoxy) is 1. The molecule has 9 heteroatoms. The Labute approximate surface area is 228 Å². The molecule has 1 aliphatic rings. The number of nitrogens with zero attached hydrogens (tertiary/aromatic N) is 2. The van der Waals surface area contributed by atoms with Crippen LogP contribution in [0.5, 0.6) is 5.75 Å². The highest BCUT2D eigenvalue weighted by molar-refractivity contribution is 7.98. The summed E-state index contributed by atoms with van der Waals surface area (Å²) in [6, 6.07) is 16.2. The van der Waals surface area contributed by atoms with Gasteiger partial charge in [0.15, 0.2) is 5.16 Å². The van der Waals surface area contributed by atoms with Crippen molar-refractivity contribution in [1.29, 1.82) is 0 Å². The largest absolute Gasteiger partial charge is 0.495 e. The van der Waals surface area contributed by atoms with E-state index >= 15 is 0 Å². The summed E-state index contributed by atoms with van der Waals surface area (Å²) in [5.74, 6) is 0.0167. The third kappa shape index (κ3) is 4.74. The lowest BCUT2D eigenvalue weighted by Crippen LogP contribution is -2.38. The van der Waals surface area contributed by atoms with Crippen molar-refractivity contribution in [1.82, 2.24) is 9.55 Å². The van der Waals surface area contributed by atoms with Gasteiger partial charge in [0, 0.05) is 22.0 Å². The monoisotopic (exact) mass is 560 g/mol. The van der Waals surface area contributed by atoms with Crippen LogP contribution in [0.2, 0.25) is 10.0 Å². The van der Waals surface area contributed by atoms with E-state index in [2.05, 4.69) is 0 Å². The number of aliphatic hydroxyl groups is 1. The molecule has 0 fully saturated rings. The molecule has 0 bridgehead atoms. The molecule has 1 aliphatic carbocycles. The first-order valence-corrected chi connectivity index (χ1v) is 13.5. The number of methoxy groups -OCH3 is 1. The van der Waals surface area contributed by atoms with Gasteiger partial charge in [0.2, 0.25) is 0 Å². The maximum Gasteiger partial charge on any atom is 0.173 e. The van der Waals surface area contributed by atoms with Crippen molar-refractivity contribution in [2.24, 2.45) is 0 Å². The van der Waals surface area contributed by atoms with Crippen molar-refractivity contribution >= 4 is 35.0 Å². The lowest BCUT2D eigenvalue weighted by molar-refractivity contribution is 0.197. The van der Waals surface area contributed by atoms with Gasteiger partial charge in [-0.15, -0.1) is 0 Å². The van der Waals surface area contributed by atoms with E-state index in [0.717, 1.165) is 23.4 Å². The second-order valence-electron chi connectivity index (χ2n) is 8.93. The van der Waals surface area contributed by atoms with E-state index in [1.807, 2.05) is 16.7 Å². The Hall–Kier alpha value is -2.58. The minimum absolute atomic E-state index is 0.180. The molecule has 1 aromatic heterocycles. The van der Waals surface area contributed by atoms with Gasteiger partial charge in [0.05, 0.1) is 35.5 Å². The molecular weight excluding hydrogens is 537 g/mol. The van der Waals surface area contributed by atoms with E-state index in [9.17, 15) is 13.9 Å². The van der Waals surface area contributed by atoms with Crippen LogP contribution in [0.1, 0.15) is 35.4 Å². The maximum atomic E-state index is 14.5. The second kappa shape index (κ2) is 10.7. The third-order valence-electron chi connectivity index (χ3n) is 6.86. The molecule has 0 saturated heterocycles. The lowest BCUT2D eigenvalue weighted by Gasteiger charge is -2.37. The predicted molar refractivity (Wildman–Crippen MR) is 143 cm³/mol. The zero-order chi connectivity index (χ0) is 26.2. The van der Waals surface area contributed by atoms with Crippen molar-refractivity contribution in [2.75, 3.05) is 13.7 Å². The Balaban J connectivity index is 1.70. The highest BCUT2D eigenvalue weighted by Crippen LogP contribution is 2.47. The van der Waals surface area contributed by atoms with Crippen LogP contribution in [0.4, 0.5) is 8.78 Å². The van der Waals surface area contributed by atoms with Gasteiger partial charge in [-0.1, -0.05) is 47.1 Å². The van der Waals surface area contributed by atoms with E-state index in [1.54, 1.807) is 37.4 Å². The highest BCUT2D eigenvalue weighted by Gasteiger charge is 2.43. The number of fused-ring (bicyclic) bond motifs is 1. The zero-order valence-corrected chi connectivity index (χ0v) is 22.3. The van der Waals surface area contributed by atoms with Crippen LogP contribution in [0.15, 0.2) is 65.8 Å². The molecule has 0 spiro atoms. The molecule has 4 nitrogen and oxygen atoms in total. The minimum Gasteiger partial charge on any atom is -0.495 e. The van der Waals surface area contributed by atoms with Crippen LogP contribution in [0, 0.1) is 11.6 Å². The smallest absolute Gasteiger partial charge is 0.173 e. The topological polar surface area (TPSA) is 47.3 Å². The van der Waals surface area contributed by atoms with E-state index in [4.69, 9.17) is 32.9 Å². The number of hydrogen-bond donors (Lipinski definition) is 1. The number of aliphatic hydroxyl groups excluding tert-OH is 1. The minimum atomic E-state index is -0.804. The highest BCUT2D eigenvalue weighted by atomic mass is 35.5. The van der Waals surface area contributed by atoms with Crippen LogP contribution < -0.4 is 4.74 Å². The summed E-state index contributed by atoms with van der Waals surface area (Å²) in [5.41, 5.74) is 2.77. The van der Waals surface area contributed by atoms with Crippen molar-refractivity contribution in [3.8, 4) is 11.4 Å². The molecule has 1 unspecified atom stereocenters. The first-order chi connectivity index (χ1) is 17.9. The Kier molecular flexibility index (Phi) is 7.50. The fourth-order valence-electron chi connectivity index (χ4n) is 5.00. The molecule has 4 aromatic rings. The Morgan fingerprint density at radius 3 is 2.57 bits per heavy atom. The molecule has 37 heavy (non-hydrogen) atoms. The summed E-state index contributed by atoms with van der Waals surface area (Å²) in [5, 5.41) is 12.4. The van der Waals surface area contributed by atoms with E-state index < -0.39 is 5.41 Å². The summed E-state index contributed by atoms with van der Waals surface area (Å²) in [7, 11) is 1.55. The molecule has 0 amide bonds. The van der Waals surface area contributed by atoms with E-state index in [-0.39, 0.29) is 24.0 Å². The molecule has 1 heterocycles. The number of halogens is 4.